The molecule has 114 valence electrons. The van der Waals surface area contributed by atoms with Gasteiger partial charge in [-0.3, -0.25) is 14.4 Å². The summed E-state index contributed by atoms with van der Waals surface area (Å²) in [5.74, 6) is -1.87. The number of benzene rings is 1. The van der Waals surface area contributed by atoms with E-state index in [0.717, 1.165) is 4.47 Å². The van der Waals surface area contributed by atoms with Crippen LogP contribution in [0.2, 0.25) is 0 Å². The summed E-state index contributed by atoms with van der Waals surface area (Å²) < 4.78 is 0.780. The first kappa shape index (κ1) is 17.2. The Morgan fingerprint density at radius 1 is 1.24 bits per heavy atom. The molecule has 0 saturated carbocycles. The van der Waals surface area contributed by atoms with E-state index in [1.54, 1.807) is 24.3 Å². The highest BCUT2D eigenvalue weighted by atomic mass is 79.9. The summed E-state index contributed by atoms with van der Waals surface area (Å²) in [6, 6.07) is 6.06. The van der Waals surface area contributed by atoms with Crippen molar-refractivity contribution in [3.8, 4) is 0 Å². The third-order valence-corrected chi connectivity index (χ3v) is 3.31. The molecule has 1 aromatic carbocycles. The standard InChI is InChI=1S/C14H17BrN2O4/c15-10-5-3-4-9(8-10)13(14(16)21)17-11(18)6-1-2-7-12(19)20/h3-5,8,13H,1-2,6-7H2,(H2,16,21)(H,17,18)(H,19,20). The van der Waals surface area contributed by atoms with Crippen LogP contribution in [-0.4, -0.2) is 22.9 Å². The van der Waals surface area contributed by atoms with Gasteiger partial charge in [0.25, 0.3) is 0 Å². The number of nitrogens with one attached hydrogen (secondary N) is 1. The molecule has 7 heteroatoms. The Morgan fingerprint density at radius 2 is 1.90 bits per heavy atom. The van der Waals surface area contributed by atoms with Crippen LogP contribution >= 0.6 is 15.9 Å². The second kappa shape index (κ2) is 8.41. The Morgan fingerprint density at radius 3 is 2.48 bits per heavy atom. The Kier molecular flexibility index (Phi) is 6.87. The number of hydrogen-bond donors (Lipinski definition) is 3. The second-order valence-electron chi connectivity index (χ2n) is 4.56. The summed E-state index contributed by atoms with van der Waals surface area (Å²) in [6.07, 6.45) is 1.05. The fraction of sp³-hybridized carbons (Fsp3) is 0.357. The number of carboxylic acid groups (broad SMARTS) is 1. The number of halogens is 1. The zero-order valence-electron chi connectivity index (χ0n) is 11.3. The summed E-state index contributed by atoms with van der Waals surface area (Å²) in [4.78, 5) is 33.6. The maximum atomic E-state index is 11.8. The molecule has 2 amide bonds. The molecule has 0 aromatic heterocycles. The molecule has 1 atom stereocenters. The molecule has 1 rings (SSSR count). The lowest BCUT2D eigenvalue weighted by Crippen LogP contribution is -2.37. The normalized spacial score (nSPS) is 11.7. The van der Waals surface area contributed by atoms with E-state index in [-0.39, 0.29) is 18.7 Å². The maximum absolute atomic E-state index is 11.8. The van der Waals surface area contributed by atoms with Crippen LogP contribution in [0.15, 0.2) is 28.7 Å². The quantitative estimate of drug-likeness (QED) is 0.616. The molecule has 1 unspecified atom stereocenters. The molecule has 0 bridgehead atoms. The minimum absolute atomic E-state index is 0.0260. The van der Waals surface area contributed by atoms with Crippen LogP contribution in [0.25, 0.3) is 0 Å². The third-order valence-electron chi connectivity index (χ3n) is 2.82. The van der Waals surface area contributed by atoms with E-state index >= 15 is 0 Å². The number of carboxylic acids is 1. The van der Waals surface area contributed by atoms with Crippen molar-refractivity contribution in [2.45, 2.75) is 31.7 Å². The van der Waals surface area contributed by atoms with Gasteiger partial charge in [0.1, 0.15) is 6.04 Å². The summed E-state index contributed by atoms with van der Waals surface area (Å²) in [6.45, 7) is 0. The molecule has 6 nitrogen and oxygen atoms in total. The molecular weight excluding hydrogens is 340 g/mol. The average Bonchev–Trinajstić information content (AvgIpc) is 2.40. The van der Waals surface area contributed by atoms with Crippen molar-refractivity contribution in [3.05, 3.63) is 34.3 Å². The van der Waals surface area contributed by atoms with E-state index in [0.29, 0.717) is 18.4 Å². The first-order valence-corrected chi connectivity index (χ1v) is 7.25. The van der Waals surface area contributed by atoms with Gasteiger partial charge in [0.15, 0.2) is 0 Å². The summed E-state index contributed by atoms with van der Waals surface area (Å²) in [5, 5.41) is 11.1. The molecule has 0 fully saturated rings. The van der Waals surface area contributed by atoms with Gasteiger partial charge >= 0.3 is 5.97 Å². The minimum Gasteiger partial charge on any atom is -0.481 e. The summed E-state index contributed by atoms with van der Waals surface area (Å²) in [7, 11) is 0. The van der Waals surface area contributed by atoms with Crippen LogP contribution in [0, 0.1) is 0 Å². The van der Waals surface area contributed by atoms with Crippen LogP contribution < -0.4 is 11.1 Å². The van der Waals surface area contributed by atoms with Gasteiger partial charge in [-0.25, -0.2) is 0 Å². The molecule has 4 N–H and O–H groups in total. The Balaban J connectivity index is 2.57. The Labute approximate surface area is 130 Å². The van der Waals surface area contributed by atoms with E-state index in [1.165, 1.54) is 0 Å². The van der Waals surface area contributed by atoms with Crippen LogP contribution in [0.3, 0.4) is 0 Å². The summed E-state index contributed by atoms with van der Waals surface area (Å²) in [5.41, 5.74) is 5.91. The van der Waals surface area contributed by atoms with Gasteiger partial charge in [0.05, 0.1) is 0 Å². The van der Waals surface area contributed by atoms with Gasteiger partial charge in [-0.05, 0) is 30.5 Å². The van der Waals surface area contributed by atoms with Crippen LogP contribution in [0.4, 0.5) is 0 Å². The van der Waals surface area contributed by atoms with Gasteiger partial charge in [-0.15, -0.1) is 0 Å². The highest BCUT2D eigenvalue weighted by Crippen LogP contribution is 2.18. The molecule has 0 aliphatic rings. The van der Waals surface area contributed by atoms with Crippen molar-refractivity contribution >= 4 is 33.7 Å². The average molecular weight is 357 g/mol. The molecule has 0 aliphatic carbocycles. The molecular formula is C14H17BrN2O4. The van der Waals surface area contributed by atoms with Crippen molar-refractivity contribution in [2.75, 3.05) is 0 Å². The van der Waals surface area contributed by atoms with Crippen LogP contribution in [-0.2, 0) is 14.4 Å². The van der Waals surface area contributed by atoms with E-state index in [4.69, 9.17) is 10.8 Å². The van der Waals surface area contributed by atoms with Crippen molar-refractivity contribution < 1.29 is 19.5 Å². The van der Waals surface area contributed by atoms with E-state index < -0.39 is 17.9 Å². The van der Waals surface area contributed by atoms with E-state index in [9.17, 15) is 14.4 Å². The van der Waals surface area contributed by atoms with Crippen LogP contribution in [0.5, 0.6) is 0 Å². The topological polar surface area (TPSA) is 109 Å². The lowest BCUT2D eigenvalue weighted by Gasteiger charge is -2.16. The van der Waals surface area contributed by atoms with Crippen molar-refractivity contribution in [2.24, 2.45) is 5.73 Å². The number of aliphatic carboxylic acids is 1. The molecule has 21 heavy (non-hydrogen) atoms. The minimum atomic E-state index is -0.894. The number of carbonyl (C=O) groups is 3. The number of primary amides is 1. The van der Waals surface area contributed by atoms with Gasteiger partial charge < -0.3 is 16.2 Å². The van der Waals surface area contributed by atoms with Gasteiger partial charge in [0, 0.05) is 17.3 Å². The zero-order chi connectivity index (χ0) is 15.8. The molecule has 0 heterocycles. The largest absolute Gasteiger partial charge is 0.481 e. The maximum Gasteiger partial charge on any atom is 0.303 e. The van der Waals surface area contributed by atoms with Crippen molar-refractivity contribution in [3.63, 3.8) is 0 Å². The molecule has 0 spiro atoms. The van der Waals surface area contributed by atoms with Gasteiger partial charge in [-0.2, -0.15) is 0 Å². The number of rotatable bonds is 8. The van der Waals surface area contributed by atoms with E-state index in [1.807, 2.05) is 0 Å². The van der Waals surface area contributed by atoms with E-state index in [2.05, 4.69) is 21.2 Å². The number of amides is 2. The van der Waals surface area contributed by atoms with Crippen molar-refractivity contribution in [1.82, 2.24) is 5.32 Å². The Hall–Kier alpha value is -1.89. The first-order chi connectivity index (χ1) is 9.90. The number of carbonyl (C=O) groups excluding carboxylic acids is 2. The fourth-order valence-corrected chi connectivity index (χ4v) is 2.22. The molecule has 0 saturated heterocycles. The molecule has 0 aliphatic heterocycles. The number of hydrogen-bond acceptors (Lipinski definition) is 3. The van der Waals surface area contributed by atoms with Gasteiger partial charge in [0.2, 0.25) is 11.8 Å². The smallest absolute Gasteiger partial charge is 0.303 e. The first-order valence-electron chi connectivity index (χ1n) is 6.46. The van der Waals surface area contributed by atoms with Gasteiger partial charge in [-0.1, -0.05) is 28.1 Å². The predicted octanol–water partition coefficient (Wildman–Crippen LogP) is 1.74. The highest BCUT2D eigenvalue weighted by Gasteiger charge is 2.20. The predicted molar refractivity (Wildman–Crippen MR) is 80.3 cm³/mol. The lowest BCUT2D eigenvalue weighted by atomic mass is 10.1. The zero-order valence-corrected chi connectivity index (χ0v) is 12.9. The summed E-state index contributed by atoms with van der Waals surface area (Å²) >= 11 is 3.29. The number of nitrogens with two attached hydrogens (primary N) is 1. The highest BCUT2D eigenvalue weighted by molar-refractivity contribution is 9.10. The van der Waals surface area contributed by atoms with Crippen molar-refractivity contribution in [1.29, 1.82) is 0 Å². The monoisotopic (exact) mass is 356 g/mol. The number of unbranched alkanes of at least 4 members (excludes halogenated alkanes) is 1. The second-order valence-corrected chi connectivity index (χ2v) is 5.47. The third kappa shape index (κ3) is 6.40. The fourth-order valence-electron chi connectivity index (χ4n) is 1.80. The Bertz CT molecular complexity index is 533. The molecule has 0 radical (unpaired) electrons. The molecule has 1 aromatic rings. The SMILES string of the molecule is NC(=O)C(NC(=O)CCCCC(=O)O)c1cccc(Br)c1. The lowest BCUT2D eigenvalue weighted by molar-refractivity contribution is -0.137. The van der Waals surface area contributed by atoms with Crippen LogP contribution in [0.1, 0.15) is 37.3 Å².